The van der Waals surface area contributed by atoms with E-state index in [9.17, 15) is 0 Å². The van der Waals surface area contributed by atoms with E-state index in [1.165, 1.54) is 32.6 Å². The summed E-state index contributed by atoms with van der Waals surface area (Å²) < 4.78 is 6.40. The summed E-state index contributed by atoms with van der Waals surface area (Å²) in [5.41, 5.74) is 9.62. The van der Waals surface area contributed by atoms with Gasteiger partial charge in [-0.1, -0.05) is 92.8 Å². The first kappa shape index (κ1) is 32.5. The maximum absolute atomic E-state index is 6.40. The Hall–Kier alpha value is -3.37. The maximum Gasteiger partial charge on any atom is 0.120 e. The zero-order chi connectivity index (χ0) is 30.1. The van der Waals surface area contributed by atoms with E-state index in [4.69, 9.17) is 9.40 Å². The topological polar surface area (TPSA) is 38.9 Å². The van der Waals surface area contributed by atoms with Gasteiger partial charge in [0.25, 0.3) is 0 Å². The first-order valence-corrected chi connectivity index (χ1v) is 18.2. The number of hydrogen-bond donors (Lipinski definition) is 0. The third-order valence-corrected chi connectivity index (χ3v) is 10.2. The third kappa shape index (κ3) is 6.91. The van der Waals surface area contributed by atoms with Crippen LogP contribution in [0.2, 0.25) is 19.6 Å². The van der Waals surface area contributed by atoms with Crippen LogP contribution in [0, 0.1) is 26.0 Å². The van der Waals surface area contributed by atoms with Gasteiger partial charge in [0, 0.05) is 46.0 Å². The van der Waals surface area contributed by atoms with Crippen molar-refractivity contribution in [1.29, 1.82) is 0 Å². The van der Waals surface area contributed by atoms with E-state index in [1.807, 2.05) is 48.8 Å². The molecule has 0 aliphatic heterocycles. The molecule has 6 rings (SSSR count). The Bertz CT molecular complexity index is 1850. The van der Waals surface area contributed by atoms with Crippen molar-refractivity contribution in [1.82, 2.24) is 9.97 Å². The summed E-state index contributed by atoms with van der Waals surface area (Å²) in [6.45, 7) is 18.1. The van der Waals surface area contributed by atoms with Crippen LogP contribution >= 0.6 is 0 Å². The molecule has 5 heteroatoms. The van der Waals surface area contributed by atoms with Crippen LogP contribution in [-0.4, -0.2) is 18.0 Å². The average Bonchev–Trinajstić information content (AvgIpc) is 3.37. The van der Waals surface area contributed by atoms with Crippen molar-refractivity contribution in [2.24, 2.45) is 0 Å². The minimum Gasteiger partial charge on any atom is -0.501 e. The fraction of sp³-hybridized carbons (Fsp3) is 0.263. The van der Waals surface area contributed by atoms with Gasteiger partial charge in [-0.3, -0.25) is 0 Å². The van der Waals surface area contributed by atoms with Gasteiger partial charge in [0.1, 0.15) is 5.58 Å². The van der Waals surface area contributed by atoms with Crippen LogP contribution in [0.1, 0.15) is 43.9 Å². The molecule has 0 fully saturated rings. The molecule has 0 unspecified atom stereocenters. The summed E-state index contributed by atoms with van der Waals surface area (Å²) in [6.07, 6.45) is 4.93. The van der Waals surface area contributed by atoms with Gasteiger partial charge >= 0.3 is 0 Å². The molecular weight excluding hydrogens is 721 g/mol. The van der Waals surface area contributed by atoms with Crippen molar-refractivity contribution in [2.45, 2.75) is 66.1 Å². The average molecular weight is 761 g/mol. The molecule has 6 aromatic rings. The number of pyridine rings is 2. The Morgan fingerprint density at radius 3 is 2.30 bits per heavy atom. The molecule has 1 radical (unpaired) electrons. The van der Waals surface area contributed by atoms with E-state index in [2.05, 4.69) is 108 Å². The third-order valence-electron chi connectivity index (χ3n) is 8.14. The van der Waals surface area contributed by atoms with Crippen LogP contribution in [0.15, 0.2) is 89.6 Å². The zero-order valence-electron chi connectivity index (χ0n) is 26.4. The molecule has 3 aromatic heterocycles. The predicted molar refractivity (Wildman–Crippen MR) is 180 cm³/mol. The number of nitrogens with zero attached hydrogens (tertiary/aromatic N) is 2. The summed E-state index contributed by atoms with van der Waals surface area (Å²) in [7, 11) is -1.57. The van der Waals surface area contributed by atoms with Gasteiger partial charge in [-0.25, -0.2) is 0 Å². The van der Waals surface area contributed by atoms with Crippen molar-refractivity contribution in [3.05, 3.63) is 114 Å². The SMILES string of the molecule is CCC(C)(C)c1cnc(-c2[c-]cc([Si](C)(C)C)c3c2oc2ccccc23)c(C)c1.Cc1ccnc(-c2[c-]cccc2)c1.[Ir]. The molecule has 0 bridgehead atoms. The molecular formula is C38H40IrN2OSi-2. The van der Waals surface area contributed by atoms with E-state index >= 15 is 0 Å². The predicted octanol–water partition coefficient (Wildman–Crippen LogP) is 9.84. The molecule has 0 aliphatic carbocycles. The quantitative estimate of drug-likeness (QED) is 0.130. The molecule has 0 N–H and O–H groups in total. The second kappa shape index (κ2) is 13.1. The van der Waals surface area contributed by atoms with Crippen molar-refractivity contribution in [2.75, 3.05) is 0 Å². The first-order valence-electron chi connectivity index (χ1n) is 14.7. The molecule has 3 heterocycles. The van der Waals surface area contributed by atoms with Crippen LogP contribution in [-0.2, 0) is 25.5 Å². The smallest absolute Gasteiger partial charge is 0.120 e. The normalized spacial score (nSPS) is 11.6. The van der Waals surface area contributed by atoms with Gasteiger partial charge in [-0.05, 0) is 54.8 Å². The molecule has 0 saturated heterocycles. The van der Waals surface area contributed by atoms with Crippen molar-refractivity contribution < 1.29 is 24.5 Å². The molecule has 0 atom stereocenters. The largest absolute Gasteiger partial charge is 0.501 e. The second-order valence-electron chi connectivity index (χ2n) is 12.8. The number of furan rings is 1. The first-order chi connectivity index (χ1) is 20.0. The van der Waals surface area contributed by atoms with Gasteiger partial charge < -0.3 is 14.4 Å². The molecule has 0 amide bonds. The fourth-order valence-electron chi connectivity index (χ4n) is 5.19. The number of aryl methyl sites for hydroxylation is 2. The van der Waals surface area contributed by atoms with Gasteiger partial charge in [-0.2, -0.15) is 0 Å². The Balaban J connectivity index is 0.000000253. The van der Waals surface area contributed by atoms with E-state index in [1.54, 1.807) is 0 Å². The standard InChI is InChI=1S/C26H30NOSi.C12H10N.Ir/c1-8-26(3,4)18-15-17(2)24(27-16-18)20-13-14-22(29(5,6)7)23-19-11-9-10-12-21(19)28-25(20)23;1-10-7-8-13-12(9-10)11-5-3-2-4-6-11;/h9-12,14-16H,8H2,1-7H3;2-5,7-9H,1H3;/q2*-1;. The molecule has 0 saturated carbocycles. The zero-order valence-corrected chi connectivity index (χ0v) is 29.8. The second-order valence-corrected chi connectivity index (χ2v) is 17.8. The number of rotatable bonds is 5. The van der Waals surface area contributed by atoms with E-state index in [0.717, 1.165) is 40.1 Å². The Morgan fingerprint density at radius 1 is 0.907 bits per heavy atom. The van der Waals surface area contributed by atoms with E-state index < -0.39 is 8.07 Å². The van der Waals surface area contributed by atoms with Crippen LogP contribution in [0.4, 0.5) is 0 Å². The van der Waals surface area contributed by atoms with Crippen LogP contribution in [0.25, 0.3) is 44.5 Å². The van der Waals surface area contributed by atoms with Gasteiger partial charge in [0.15, 0.2) is 0 Å². The number of fused-ring (bicyclic) bond motifs is 3. The molecule has 3 aromatic carbocycles. The Morgan fingerprint density at radius 2 is 1.65 bits per heavy atom. The van der Waals surface area contributed by atoms with Gasteiger partial charge in [0.2, 0.25) is 0 Å². The summed E-state index contributed by atoms with van der Waals surface area (Å²) in [6, 6.07) is 31.4. The van der Waals surface area contributed by atoms with E-state index in [-0.39, 0.29) is 25.5 Å². The minimum absolute atomic E-state index is 0. The Kier molecular flexibility index (Phi) is 9.91. The number of aromatic nitrogens is 2. The molecule has 0 aliphatic rings. The van der Waals surface area contributed by atoms with Crippen molar-refractivity contribution in [3.8, 4) is 22.5 Å². The molecule has 43 heavy (non-hydrogen) atoms. The Labute approximate surface area is 271 Å². The fourth-order valence-corrected chi connectivity index (χ4v) is 6.69. The van der Waals surface area contributed by atoms with E-state index in [0.29, 0.717) is 0 Å². The van der Waals surface area contributed by atoms with Crippen molar-refractivity contribution >= 4 is 35.2 Å². The number of benzene rings is 3. The van der Waals surface area contributed by atoms with Crippen LogP contribution < -0.4 is 5.19 Å². The molecule has 3 nitrogen and oxygen atoms in total. The summed E-state index contributed by atoms with van der Waals surface area (Å²) in [4.78, 5) is 9.17. The number of hydrogen-bond acceptors (Lipinski definition) is 3. The van der Waals surface area contributed by atoms with Gasteiger partial charge in [0.05, 0.1) is 5.58 Å². The maximum atomic E-state index is 6.40. The van der Waals surface area contributed by atoms with Crippen molar-refractivity contribution in [3.63, 3.8) is 0 Å². The summed E-state index contributed by atoms with van der Waals surface area (Å²) >= 11 is 0. The summed E-state index contributed by atoms with van der Waals surface area (Å²) in [5.74, 6) is 0. The monoisotopic (exact) mass is 761 g/mol. The number of para-hydroxylation sites is 1. The molecule has 223 valence electrons. The summed E-state index contributed by atoms with van der Waals surface area (Å²) in [5, 5.41) is 3.83. The van der Waals surface area contributed by atoms with Crippen LogP contribution in [0.5, 0.6) is 0 Å². The van der Waals surface area contributed by atoms with Crippen LogP contribution in [0.3, 0.4) is 0 Å². The minimum atomic E-state index is -1.57. The van der Waals surface area contributed by atoms with Gasteiger partial charge in [-0.15, -0.1) is 53.2 Å². The molecule has 0 spiro atoms.